The molecule has 0 saturated carbocycles. The molecule has 0 spiro atoms. The number of aromatic amines is 1. The normalized spacial score (nSPS) is 10.7. The highest BCUT2D eigenvalue weighted by molar-refractivity contribution is 6.05. The molecule has 0 atom stereocenters. The highest BCUT2D eigenvalue weighted by Crippen LogP contribution is 2.17. The summed E-state index contributed by atoms with van der Waals surface area (Å²) in [7, 11) is 0. The maximum atomic E-state index is 12.3. The van der Waals surface area contributed by atoms with E-state index in [1.54, 1.807) is 6.07 Å². The lowest BCUT2D eigenvalue weighted by Gasteiger charge is -2.07. The summed E-state index contributed by atoms with van der Waals surface area (Å²) in [5.74, 6) is -0.113. The van der Waals surface area contributed by atoms with Gasteiger partial charge in [0.1, 0.15) is 0 Å². The van der Waals surface area contributed by atoms with Crippen molar-refractivity contribution in [1.29, 1.82) is 0 Å². The van der Waals surface area contributed by atoms with Crippen LogP contribution in [0, 0.1) is 0 Å². The van der Waals surface area contributed by atoms with Gasteiger partial charge in [0, 0.05) is 18.1 Å². The van der Waals surface area contributed by atoms with Crippen LogP contribution in [-0.2, 0) is 13.2 Å². The maximum absolute atomic E-state index is 12.3. The van der Waals surface area contributed by atoms with Crippen LogP contribution in [0.1, 0.15) is 21.5 Å². The van der Waals surface area contributed by atoms with Gasteiger partial charge in [-0.25, -0.2) is 0 Å². The van der Waals surface area contributed by atoms with E-state index in [4.69, 9.17) is 5.11 Å². The van der Waals surface area contributed by atoms with Gasteiger partial charge in [0.25, 0.3) is 5.91 Å². The number of aromatic nitrogens is 1. The van der Waals surface area contributed by atoms with E-state index in [2.05, 4.69) is 10.3 Å². The van der Waals surface area contributed by atoms with Crippen LogP contribution in [-0.4, -0.2) is 16.0 Å². The summed E-state index contributed by atoms with van der Waals surface area (Å²) < 4.78 is 0. The maximum Gasteiger partial charge on any atom is 0.253 e. The Morgan fingerprint density at radius 3 is 2.76 bits per heavy atom. The lowest BCUT2D eigenvalue weighted by Crippen LogP contribution is -2.23. The summed E-state index contributed by atoms with van der Waals surface area (Å²) in [5.41, 5.74) is 3.29. The van der Waals surface area contributed by atoms with Gasteiger partial charge in [0.05, 0.1) is 17.7 Å². The SMILES string of the molecule is O=C(NCc1cccc(CO)c1)c1cccc2cc[nH]c12. The number of carbonyl (C=O) groups excluding carboxylic acids is 1. The highest BCUT2D eigenvalue weighted by Gasteiger charge is 2.10. The number of H-pyrrole nitrogens is 1. The lowest BCUT2D eigenvalue weighted by atomic mass is 10.1. The van der Waals surface area contributed by atoms with Gasteiger partial charge in [0.2, 0.25) is 0 Å². The van der Waals surface area contributed by atoms with Crippen LogP contribution >= 0.6 is 0 Å². The van der Waals surface area contributed by atoms with Crippen LogP contribution in [0.25, 0.3) is 10.9 Å². The molecule has 21 heavy (non-hydrogen) atoms. The smallest absolute Gasteiger partial charge is 0.253 e. The Labute approximate surface area is 122 Å². The molecule has 0 radical (unpaired) electrons. The van der Waals surface area contributed by atoms with Crippen molar-refractivity contribution in [2.45, 2.75) is 13.2 Å². The number of hydrogen-bond donors (Lipinski definition) is 3. The van der Waals surface area contributed by atoms with Crippen LogP contribution in [0.3, 0.4) is 0 Å². The lowest BCUT2D eigenvalue weighted by molar-refractivity contribution is 0.0952. The number of nitrogens with one attached hydrogen (secondary N) is 2. The van der Waals surface area contributed by atoms with Crippen molar-refractivity contribution in [2.24, 2.45) is 0 Å². The molecular weight excluding hydrogens is 264 g/mol. The molecule has 106 valence electrons. The zero-order valence-electron chi connectivity index (χ0n) is 11.5. The quantitative estimate of drug-likeness (QED) is 0.687. The van der Waals surface area contributed by atoms with E-state index in [-0.39, 0.29) is 12.5 Å². The molecule has 0 saturated heterocycles. The molecule has 1 heterocycles. The average Bonchev–Trinajstić information content (AvgIpc) is 3.01. The Kier molecular flexibility index (Phi) is 3.71. The Morgan fingerprint density at radius 1 is 1.10 bits per heavy atom. The first-order chi connectivity index (χ1) is 10.3. The van der Waals surface area contributed by atoms with E-state index in [0.717, 1.165) is 22.0 Å². The molecule has 0 aliphatic carbocycles. The number of aliphatic hydroxyl groups excluding tert-OH is 1. The van der Waals surface area contributed by atoms with Gasteiger partial charge in [-0.05, 0) is 23.3 Å². The molecule has 3 N–H and O–H groups in total. The fourth-order valence-corrected chi connectivity index (χ4v) is 2.39. The third-order valence-electron chi connectivity index (χ3n) is 3.46. The largest absolute Gasteiger partial charge is 0.392 e. The topological polar surface area (TPSA) is 65.1 Å². The minimum absolute atomic E-state index is 0.00354. The second-order valence-electron chi connectivity index (χ2n) is 4.91. The Morgan fingerprint density at radius 2 is 1.90 bits per heavy atom. The molecule has 4 nitrogen and oxygen atoms in total. The summed E-state index contributed by atoms with van der Waals surface area (Å²) in [6.07, 6.45) is 1.83. The summed E-state index contributed by atoms with van der Waals surface area (Å²) in [6, 6.07) is 15.1. The number of carbonyl (C=O) groups is 1. The second kappa shape index (κ2) is 5.81. The first-order valence-electron chi connectivity index (χ1n) is 6.81. The molecule has 1 amide bonds. The molecule has 3 rings (SSSR count). The van der Waals surface area contributed by atoms with Crippen LogP contribution in [0.5, 0.6) is 0 Å². The molecule has 1 aromatic heterocycles. The second-order valence-corrected chi connectivity index (χ2v) is 4.91. The summed E-state index contributed by atoms with van der Waals surface area (Å²) in [4.78, 5) is 15.4. The van der Waals surface area contributed by atoms with Crippen molar-refractivity contribution in [3.05, 3.63) is 71.4 Å². The molecule has 2 aromatic carbocycles. The summed E-state index contributed by atoms with van der Waals surface area (Å²) in [6.45, 7) is 0.438. The minimum atomic E-state index is -0.113. The first kappa shape index (κ1) is 13.4. The van der Waals surface area contributed by atoms with Gasteiger partial charge in [-0.2, -0.15) is 0 Å². The number of amides is 1. The van der Waals surface area contributed by atoms with Gasteiger partial charge in [-0.15, -0.1) is 0 Å². The van der Waals surface area contributed by atoms with Crippen molar-refractivity contribution in [2.75, 3.05) is 0 Å². The van der Waals surface area contributed by atoms with Crippen molar-refractivity contribution in [3.63, 3.8) is 0 Å². The van der Waals surface area contributed by atoms with Gasteiger partial charge in [0.15, 0.2) is 0 Å². The standard InChI is InChI=1S/C17H16N2O2/c20-11-13-4-1-3-12(9-13)10-19-17(21)15-6-2-5-14-7-8-18-16(14)15/h1-9,18,20H,10-11H2,(H,19,21). The van der Waals surface area contributed by atoms with Crippen molar-refractivity contribution in [3.8, 4) is 0 Å². The summed E-state index contributed by atoms with van der Waals surface area (Å²) >= 11 is 0. The van der Waals surface area contributed by atoms with Crippen LogP contribution in [0.4, 0.5) is 0 Å². The van der Waals surface area contributed by atoms with Crippen LogP contribution < -0.4 is 5.32 Å². The average molecular weight is 280 g/mol. The van der Waals surface area contributed by atoms with Gasteiger partial charge >= 0.3 is 0 Å². The Balaban J connectivity index is 1.76. The van der Waals surface area contributed by atoms with Gasteiger partial charge < -0.3 is 15.4 Å². The Hall–Kier alpha value is -2.59. The minimum Gasteiger partial charge on any atom is -0.392 e. The predicted molar refractivity (Wildman–Crippen MR) is 81.8 cm³/mol. The van der Waals surface area contributed by atoms with Crippen molar-refractivity contribution < 1.29 is 9.90 Å². The number of rotatable bonds is 4. The van der Waals surface area contributed by atoms with Crippen molar-refractivity contribution in [1.82, 2.24) is 10.3 Å². The van der Waals surface area contributed by atoms with Gasteiger partial charge in [-0.1, -0.05) is 36.4 Å². The van der Waals surface area contributed by atoms with E-state index in [9.17, 15) is 4.79 Å². The number of fused-ring (bicyclic) bond motifs is 1. The van der Waals surface area contributed by atoms with Crippen LogP contribution in [0.15, 0.2) is 54.7 Å². The summed E-state index contributed by atoms with van der Waals surface area (Å²) in [5, 5.41) is 13.0. The molecule has 0 fully saturated rings. The number of benzene rings is 2. The monoisotopic (exact) mass is 280 g/mol. The molecule has 0 aliphatic rings. The van der Waals surface area contributed by atoms with Crippen LogP contribution in [0.2, 0.25) is 0 Å². The zero-order valence-corrected chi connectivity index (χ0v) is 11.5. The zero-order chi connectivity index (χ0) is 14.7. The fourth-order valence-electron chi connectivity index (χ4n) is 2.39. The van der Waals surface area contributed by atoms with E-state index >= 15 is 0 Å². The van der Waals surface area contributed by atoms with E-state index in [1.165, 1.54) is 0 Å². The molecule has 4 heteroatoms. The Bertz CT molecular complexity index is 777. The molecular formula is C17H16N2O2. The van der Waals surface area contributed by atoms with Gasteiger partial charge in [-0.3, -0.25) is 4.79 Å². The number of para-hydroxylation sites is 1. The third kappa shape index (κ3) is 2.80. The number of hydrogen-bond acceptors (Lipinski definition) is 2. The van der Waals surface area contributed by atoms with Crippen molar-refractivity contribution >= 4 is 16.8 Å². The molecule has 0 unspecified atom stereocenters. The van der Waals surface area contributed by atoms with E-state index < -0.39 is 0 Å². The van der Waals surface area contributed by atoms with E-state index in [1.807, 2.05) is 48.7 Å². The molecule has 0 bridgehead atoms. The number of aliphatic hydroxyl groups is 1. The predicted octanol–water partition coefficient (Wildman–Crippen LogP) is 2.59. The first-order valence-corrected chi connectivity index (χ1v) is 6.81. The van der Waals surface area contributed by atoms with E-state index in [0.29, 0.717) is 12.1 Å². The fraction of sp³-hybridized carbons (Fsp3) is 0.118. The molecule has 0 aliphatic heterocycles. The highest BCUT2D eigenvalue weighted by atomic mass is 16.3. The molecule has 3 aromatic rings. The third-order valence-corrected chi connectivity index (χ3v) is 3.46.